The molecule has 0 radical (unpaired) electrons. The van der Waals surface area contributed by atoms with Crippen molar-refractivity contribution >= 4 is 87.2 Å². The van der Waals surface area contributed by atoms with Crippen molar-refractivity contribution in [3.8, 4) is 124 Å². The molecule has 0 N–H and O–H groups in total. The molecule has 544 valence electrons. The second-order valence-corrected chi connectivity index (χ2v) is 31.0. The van der Waals surface area contributed by atoms with Crippen LogP contribution >= 0.6 is 0 Å². The minimum Gasteiger partial charge on any atom is -0.309 e. The van der Waals surface area contributed by atoms with Gasteiger partial charge in [-0.2, -0.15) is 0 Å². The van der Waals surface area contributed by atoms with Crippen molar-refractivity contribution in [2.75, 3.05) is 0 Å². The van der Waals surface area contributed by atoms with E-state index in [9.17, 15) is 0 Å². The number of rotatable bonds is 13. The molecular weight excluding hydrogens is 1410 g/mol. The smallest absolute Gasteiger partial charge is 0.164 e. The summed E-state index contributed by atoms with van der Waals surface area (Å²) < 4.78 is 9.93. The number of nitrogens with zero attached hydrogens (tertiary/aromatic N) is 7. The lowest BCUT2D eigenvalue weighted by Gasteiger charge is -2.20. The molecule has 5 heterocycles. The summed E-state index contributed by atoms with van der Waals surface area (Å²) in [5.74, 6) is 1.87. The maximum atomic E-state index is 5.11. The van der Waals surface area contributed by atoms with Gasteiger partial charge in [0.05, 0.1) is 44.1 Å². The quantitative estimate of drug-likeness (QED) is 0.116. The first-order valence-electron chi connectivity index (χ1n) is 40.1. The highest BCUT2D eigenvalue weighted by atomic mass is 15.0. The largest absolute Gasteiger partial charge is 0.309 e. The third-order valence-electron chi connectivity index (χ3n) is 24.5. The minimum atomic E-state index is 0.614. The zero-order chi connectivity index (χ0) is 76.6. The fourth-order valence-electron chi connectivity index (χ4n) is 18.8. The summed E-state index contributed by atoms with van der Waals surface area (Å²) in [5, 5.41) is 9.65. The van der Waals surface area contributed by atoms with E-state index in [1.54, 1.807) is 0 Å². The van der Waals surface area contributed by atoms with Crippen molar-refractivity contribution in [2.45, 2.75) is 26.7 Å². The number of para-hydroxylation sites is 4. The first kappa shape index (κ1) is 66.7. The Hall–Kier alpha value is -15.1. The summed E-state index contributed by atoms with van der Waals surface area (Å²) >= 11 is 0. The monoisotopic (exact) mass is 1480 g/mol. The van der Waals surface area contributed by atoms with Gasteiger partial charge in [0.25, 0.3) is 0 Å². The van der Waals surface area contributed by atoms with Crippen molar-refractivity contribution in [1.29, 1.82) is 0 Å². The average Bonchev–Trinajstić information content (AvgIpc) is 1.55. The van der Waals surface area contributed by atoms with Gasteiger partial charge in [-0.25, -0.2) is 15.0 Å². The Morgan fingerprint density at radius 1 is 0.198 bits per heavy atom. The highest BCUT2D eigenvalue weighted by Crippen LogP contribution is 2.47. The van der Waals surface area contributed by atoms with E-state index < -0.39 is 0 Å². The predicted octanol–water partition coefficient (Wildman–Crippen LogP) is 28.0. The van der Waals surface area contributed by atoms with Crippen LogP contribution in [0.1, 0.15) is 22.3 Å². The number of hydrogen-bond acceptors (Lipinski definition) is 3. The van der Waals surface area contributed by atoms with E-state index in [-0.39, 0.29) is 0 Å². The van der Waals surface area contributed by atoms with Crippen LogP contribution in [0.2, 0.25) is 0 Å². The van der Waals surface area contributed by atoms with Gasteiger partial charge in [-0.05, 0) is 243 Å². The Bertz CT molecular complexity index is 7700. The van der Waals surface area contributed by atoms with Crippen LogP contribution in [-0.4, -0.2) is 33.2 Å². The lowest BCUT2D eigenvalue weighted by Crippen LogP contribution is -2.09. The molecule has 0 unspecified atom stereocenters. The van der Waals surface area contributed by atoms with Crippen molar-refractivity contribution in [1.82, 2.24) is 33.2 Å². The van der Waals surface area contributed by atoms with Gasteiger partial charge >= 0.3 is 0 Å². The molecule has 22 aromatic rings. The predicted molar refractivity (Wildman–Crippen MR) is 483 cm³/mol. The molecule has 0 amide bonds. The first-order chi connectivity index (χ1) is 57.3. The van der Waals surface area contributed by atoms with Gasteiger partial charge in [0.1, 0.15) is 0 Å². The number of aryl methyl sites for hydroxylation is 2. The van der Waals surface area contributed by atoms with E-state index in [1.807, 2.05) is 36.4 Å². The van der Waals surface area contributed by atoms with E-state index in [2.05, 4.69) is 378 Å². The highest BCUT2D eigenvalue weighted by molar-refractivity contribution is 6.26. The molecule has 0 saturated heterocycles. The molecule has 0 atom stereocenters. The third kappa shape index (κ3) is 10.8. The zero-order valence-corrected chi connectivity index (χ0v) is 63.9. The Morgan fingerprint density at radius 3 is 1.07 bits per heavy atom. The lowest BCUT2D eigenvalue weighted by atomic mass is 9.88. The summed E-state index contributed by atoms with van der Waals surface area (Å²) in [6.07, 6.45) is 2.31. The van der Waals surface area contributed by atoms with Gasteiger partial charge in [0, 0.05) is 82.5 Å². The Kier molecular flexibility index (Phi) is 15.4. The molecule has 0 saturated carbocycles. The first-order valence-corrected chi connectivity index (χ1v) is 40.1. The fourth-order valence-corrected chi connectivity index (χ4v) is 18.8. The maximum Gasteiger partial charge on any atom is 0.164 e. The van der Waals surface area contributed by atoms with Crippen molar-refractivity contribution < 1.29 is 0 Å². The van der Waals surface area contributed by atoms with Gasteiger partial charge in [-0.1, -0.05) is 255 Å². The van der Waals surface area contributed by atoms with Gasteiger partial charge in [0.2, 0.25) is 0 Å². The van der Waals surface area contributed by atoms with Crippen LogP contribution in [0.5, 0.6) is 0 Å². The molecule has 0 fully saturated rings. The van der Waals surface area contributed by atoms with Crippen molar-refractivity contribution in [3.05, 3.63) is 404 Å². The molecule has 1 aliphatic carbocycles. The van der Waals surface area contributed by atoms with Gasteiger partial charge < -0.3 is 18.3 Å². The topological polar surface area (TPSA) is 58.4 Å². The molecule has 116 heavy (non-hydrogen) atoms. The normalized spacial score (nSPS) is 12.2. The van der Waals surface area contributed by atoms with Crippen LogP contribution in [0, 0.1) is 13.8 Å². The molecule has 0 aliphatic heterocycles. The van der Waals surface area contributed by atoms with E-state index >= 15 is 0 Å². The summed E-state index contributed by atoms with van der Waals surface area (Å²) in [6, 6.07) is 141. The maximum absolute atomic E-state index is 5.11. The zero-order valence-electron chi connectivity index (χ0n) is 63.9. The summed E-state index contributed by atoms with van der Waals surface area (Å²) in [5.41, 5.74) is 35.8. The molecule has 5 aromatic heterocycles. The number of fused-ring (bicyclic) bond motifs is 14. The third-order valence-corrected chi connectivity index (χ3v) is 24.5. The second-order valence-electron chi connectivity index (χ2n) is 31.0. The standard InChI is InChI=1S/C109H73N7/c1-68-87(72-27-9-4-10-28-72)37-23-38-88(68)81-60-82(64-85(63-81)115-99-42-20-17-35-93(99)97-67-78(51-57-103(97)115)77-50-56-102-96(66-77)92-34-16-19-41-98(92)114(102)84-54-47-71-45-46-76(71)61-84)90-40-24-39-89(69(90)2)80-59-79(70-25-7-3-8-26-70)62-86(65-80)116-100-43-21-15-33-91(100)94-55-58-104-105(106(94)116)95-36-18-22-44-101(95)113(104)83-52-48-75(49-53-83)109-111-107(73-29-11-5-12-30-73)110-108(112-109)74-31-13-6-14-32-74/h3-44,47-67H,45-46H2,1-2H3. The molecule has 0 spiro atoms. The molecule has 23 rings (SSSR count). The minimum absolute atomic E-state index is 0.614. The molecule has 17 aromatic carbocycles. The van der Waals surface area contributed by atoms with Crippen LogP contribution in [0.15, 0.2) is 382 Å². The van der Waals surface area contributed by atoms with Crippen LogP contribution in [0.25, 0.3) is 211 Å². The highest BCUT2D eigenvalue weighted by Gasteiger charge is 2.26. The molecule has 7 heteroatoms. The lowest BCUT2D eigenvalue weighted by molar-refractivity contribution is 0.836. The average molecular weight is 1480 g/mol. The van der Waals surface area contributed by atoms with Gasteiger partial charge in [-0.3, -0.25) is 0 Å². The molecular formula is C109H73N7. The van der Waals surface area contributed by atoms with Crippen LogP contribution < -0.4 is 0 Å². The van der Waals surface area contributed by atoms with E-state index in [1.165, 1.54) is 116 Å². The van der Waals surface area contributed by atoms with Gasteiger partial charge in [-0.15, -0.1) is 0 Å². The fraction of sp³-hybridized carbons (Fsp3) is 0.0367. The SMILES string of the molecule is Cc1c(-c2ccccc2)cccc1-c1cc(-c2cccc(-c3cc(-c4ccccc4)cc(-n4c5ccccc5c5ccc6c(c7ccccc7n6-c6ccc(-c7nc(-c8ccccc8)nc(-c8ccccc8)n7)cc6)c54)c3)c2C)cc(-n2c3ccccc3c3cc(-c4ccc5c(c4)c4ccccc4n5-c4ccc5c(c4)CC5)ccc32)c1. The molecule has 1 aliphatic rings. The summed E-state index contributed by atoms with van der Waals surface area (Å²) in [6.45, 7) is 4.62. The Balaban J connectivity index is 0.681. The Labute approximate surface area is 670 Å². The summed E-state index contributed by atoms with van der Waals surface area (Å²) in [4.78, 5) is 15.2. The van der Waals surface area contributed by atoms with Crippen molar-refractivity contribution in [3.63, 3.8) is 0 Å². The van der Waals surface area contributed by atoms with Crippen LogP contribution in [0.4, 0.5) is 0 Å². The van der Waals surface area contributed by atoms with Crippen LogP contribution in [0.3, 0.4) is 0 Å². The molecule has 7 nitrogen and oxygen atoms in total. The number of aromatic nitrogens is 7. The second kappa shape index (κ2) is 26.8. The van der Waals surface area contributed by atoms with E-state index in [0.717, 1.165) is 112 Å². The Morgan fingerprint density at radius 2 is 0.560 bits per heavy atom. The number of hydrogen-bond donors (Lipinski definition) is 0. The molecule has 0 bridgehead atoms. The van der Waals surface area contributed by atoms with Gasteiger partial charge in [0.15, 0.2) is 17.5 Å². The van der Waals surface area contributed by atoms with E-state index in [4.69, 9.17) is 15.0 Å². The summed E-state index contributed by atoms with van der Waals surface area (Å²) in [7, 11) is 0. The van der Waals surface area contributed by atoms with Crippen molar-refractivity contribution in [2.24, 2.45) is 0 Å². The number of benzene rings is 17. The van der Waals surface area contributed by atoms with Crippen LogP contribution in [-0.2, 0) is 12.8 Å². The van der Waals surface area contributed by atoms with E-state index in [0.29, 0.717) is 17.5 Å².